The number of benzene rings is 1. The summed E-state index contributed by atoms with van der Waals surface area (Å²) < 4.78 is 17.7. The summed E-state index contributed by atoms with van der Waals surface area (Å²) in [7, 11) is 1.86. The summed E-state index contributed by atoms with van der Waals surface area (Å²) in [6, 6.07) is 8.31. The van der Waals surface area contributed by atoms with Crippen LogP contribution in [0.4, 0.5) is 0 Å². The van der Waals surface area contributed by atoms with Gasteiger partial charge >= 0.3 is 0 Å². The minimum Gasteiger partial charge on any atom is -0.493 e. The van der Waals surface area contributed by atoms with E-state index in [1.165, 1.54) is 18.4 Å². The fourth-order valence-electron chi connectivity index (χ4n) is 3.90. The molecule has 6 nitrogen and oxygen atoms in total. The third kappa shape index (κ3) is 7.47. The standard InChI is InChI=1S/C24H39N3O3/c1-19(2)17-29-21-9-7-20(8-10-21)16-26-24(25-3)27-13-11-22(12-14-27)30-18-23-6-4-5-15-28-23/h7-10,19,22-23H,4-6,11-18H2,1-3H3,(H,25,26). The first-order valence-electron chi connectivity index (χ1n) is 11.5. The predicted molar refractivity (Wildman–Crippen MR) is 121 cm³/mol. The Bertz CT molecular complexity index is 634. The van der Waals surface area contributed by atoms with Crippen LogP contribution in [0.3, 0.4) is 0 Å². The van der Waals surface area contributed by atoms with Gasteiger partial charge in [-0.05, 0) is 55.7 Å². The number of hydrogen-bond acceptors (Lipinski definition) is 4. The van der Waals surface area contributed by atoms with Gasteiger partial charge in [0.15, 0.2) is 5.96 Å². The van der Waals surface area contributed by atoms with Crippen molar-refractivity contribution in [3.05, 3.63) is 29.8 Å². The highest BCUT2D eigenvalue weighted by atomic mass is 16.5. The highest BCUT2D eigenvalue weighted by Crippen LogP contribution is 2.18. The van der Waals surface area contributed by atoms with Gasteiger partial charge in [0.1, 0.15) is 5.75 Å². The lowest BCUT2D eigenvalue weighted by Crippen LogP contribution is -2.47. The number of hydrogen-bond donors (Lipinski definition) is 1. The molecule has 2 aliphatic rings. The zero-order valence-electron chi connectivity index (χ0n) is 18.9. The lowest BCUT2D eigenvalue weighted by molar-refractivity contribution is -0.0721. The summed E-state index contributed by atoms with van der Waals surface area (Å²) >= 11 is 0. The molecule has 168 valence electrons. The number of aliphatic imine (C=N–C) groups is 1. The van der Waals surface area contributed by atoms with Crippen LogP contribution in [0, 0.1) is 5.92 Å². The second-order valence-corrected chi connectivity index (χ2v) is 8.76. The molecule has 0 bridgehead atoms. The molecular formula is C24H39N3O3. The topological polar surface area (TPSA) is 55.3 Å². The first-order chi connectivity index (χ1) is 14.6. The van der Waals surface area contributed by atoms with Crippen molar-refractivity contribution in [2.24, 2.45) is 10.9 Å². The van der Waals surface area contributed by atoms with Crippen molar-refractivity contribution in [2.75, 3.05) is 40.0 Å². The fourth-order valence-corrected chi connectivity index (χ4v) is 3.90. The Labute approximate surface area is 182 Å². The molecule has 0 radical (unpaired) electrons. The molecular weight excluding hydrogens is 378 g/mol. The van der Waals surface area contributed by atoms with E-state index in [1.807, 2.05) is 19.2 Å². The zero-order chi connectivity index (χ0) is 21.2. The molecule has 0 aromatic heterocycles. The summed E-state index contributed by atoms with van der Waals surface area (Å²) in [5.41, 5.74) is 1.22. The summed E-state index contributed by atoms with van der Waals surface area (Å²) in [5.74, 6) is 2.42. The van der Waals surface area contributed by atoms with Crippen molar-refractivity contribution in [2.45, 2.75) is 64.7 Å². The molecule has 0 saturated carbocycles. The van der Waals surface area contributed by atoms with Crippen molar-refractivity contribution in [3.8, 4) is 5.75 Å². The predicted octanol–water partition coefficient (Wildman–Crippen LogP) is 3.85. The molecule has 2 aliphatic heterocycles. The molecule has 1 unspecified atom stereocenters. The van der Waals surface area contributed by atoms with Gasteiger partial charge in [-0.15, -0.1) is 0 Å². The molecule has 1 N–H and O–H groups in total. The first kappa shape index (κ1) is 22.9. The van der Waals surface area contributed by atoms with Gasteiger partial charge in [-0.1, -0.05) is 26.0 Å². The minimum atomic E-state index is 0.299. The Morgan fingerprint density at radius 3 is 2.57 bits per heavy atom. The molecule has 0 spiro atoms. The molecule has 0 aliphatic carbocycles. The van der Waals surface area contributed by atoms with Crippen molar-refractivity contribution in [1.82, 2.24) is 10.2 Å². The van der Waals surface area contributed by atoms with Crippen LogP contribution in [0.5, 0.6) is 5.75 Å². The van der Waals surface area contributed by atoms with E-state index in [1.54, 1.807) is 0 Å². The first-order valence-corrected chi connectivity index (χ1v) is 11.5. The minimum absolute atomic E-state index is 0.299. The van der Waals surface area contributed by atoms with Crippen LogP contribution in [0.1, 0.15) is 51.5 Å². The van der Waals surface area contributed by atoms with Crippen LogP contribution >= 0.6 is 0 Å². The largest absolute Gasteiger partial charge is 0.493 e. The van der Waals surface area contributed by atoms with Gasteiger partial charge in [-0.3, -0.25) is 4.99 Å². The molecule has 30 heavy (non-hydrogen) atoms. The van der Waals surface area contributed by atoms with E-state index in [4.69, 9.17) is 14.2 Å². The lowest BCUT2D eigenvalue weighted by Gasteiger charge is -2.35. The van der Waals surface area contributed by atoms with Gasteiger partial charge in [0.05, 0.1) is 25.4 Å². The van der Waals surface area contributed by atoms with E-state index in [0.717, 1.165) is 70.4 Å². The van der Waals surface area contributed by atoms with Crippen molar-refractivity contribution in [3.63, 3.8) is 0 Å². The van der Waals surface area contributed by atoms with Crippen LogP contribution in [0.2, 0.25) is 0 Å². The smallest absolute Gasteiger partial charge is 0.193 e. The van der Waals surface area contributed by atoms with E-state index in [0.29, 0.717) is 18.1 Å². The molecule has 2 saturated heterocycles. The number of piperidine rings is 1. The zero-order valence-corrected chi connectivity index (χ0v) is 18.9. The normalized spacial score (nSPS) is 21.1. The number of nitrogens with one attached hydrogen (secondary N) is 1. The molecule has 3 rings (SSSR count). The van der Waals surface area contributed by atoms with E-state index >= 15 is 0 Å². The molecule has 1 atom stereocenters. The number of ether oxygens (including phenoxy) is 3. The maximum absolute atomic E-state index is 6.14. The van der Waals surface area contributed by atoms with Crippen LogP contribution in [0.25, 0.3) is 0 Å². The Balaban J connectivity index is 1.37. The maximum Gasteiger partial charge on any atom is 0.193 e. The number of nitrogens with zero attached hydrogens (tertiary/aromatic N) is 2. The van der Waals surface area contributed by atoms with Gasteiger partial charge in [0.2, 0.25) is 0 Å². The maximum atomic E-state index is 6.14. The van der Waals surface area contributed by atoms with Crippen LogP contribution in [-0.4, -0.2) is 63.0 Å². The fraction of sp³-hybridized carbons (Fsp3) is 0.708. The van der Waals surface area contributed by atoms with Gasteiger partial charge < -0.3 is 24.4 Å². The number of rotatable bonds is 8. The molecule has 2 heterocycles. The summed E-state index contributed by atoms with van der Waals surface area (Å²) in [6.07, 6.45) is 6.31. The summed E-state index contributed by atoms with van der Waals surface area (Å²) in [4.78, 5) is 6.81. The Morgan fingerprint density at radius 1 is 1.17 bits per heavy atom. The molecule has 0 amide bonds. The van der Waals surface area contributed by atoms with Crippen LogP contribution in [-0.2, 0) is 16.0 Å². The third-order valence-electron chi connectivity index (χ3n) is 5.70. The van der Waals surface area contributed by atoms with Crippen molar-refractivity contribution < 1.29 is 14.2 Å². The van der Waals surface area contributed by atoms with Crippen LogP contribution < -0.4 is 10.1 Å². The number of guanidine groups is 1. The Kier molecular flexibility index (Phi) is 9.27. The quantitative estimate of drug-likeness (QED) is 0.514. The molecule has 6 heteroatoms. The average Bonchev–Trinajstić information content (AvgIpc) is 2.79. The molecule has 1 aromatic rings. The van der Waals surface area contributed by atoms with Gasteiger partial charge in [-0.2, -0.15) is 0 Å². The third-order valence-corrected chi connectivity index (χ3v) is 5.70. The SMILES string of the molecule is CN=C(NCc1ccc(OCC(C)C)cc1)N1CCC(OCC2CCCCO2)CC1. The second-order valence-electron chi connectivity index (χ2n) is 8.76. The van der Waals surface area contributed by atoms with E-state index in [9.17, 15) is 0 Å². The Morgan fingerprint density at radius 2 is 1.93 bits per heavy atom. The van der Waals surface area contributed by atoms with Gasteiger partial charge in [-0.25, -0.2) is 0 Å². The highest BCUT2D eigenvalue weighted by molar-refractivity contribution is 5.79. The van der Waals surface area contributed by atoms with E-state index in [2.05, 4.69) is 41.2 Å². The summed E-state index contributed by atoms with van der Waals surface area (Å²) in [5, 5.41) is 3.50. The monoisotopic (exact) mass is 417 g/mol. The van der Waals surface area contributed by atoms with Crippen molar-refractivity contribution in [1.29, 1.82) is 0 Å². The lowest BCUT2D eigenvalue weighted by atomic mass is 10.1. The Hall–Kier alpha value is -1.79. The number of likely N-dealkylation sites (tertiary alicyclic amines) is 1. The van der Waals surface area contributed by atoms with E-state index in [-0.39, 0.29) is 0 Å². The van der Waals surface area contributed by atoms with Crippen molar-refractivity contribution >= 4 is 5.96 Å². The average molecular weight is 418 g/mol. The second kappa shape index (κ2) is 12.2. The highest BCUT2D eigenvalue weighted by Gasteiger charge is 2.23. The molecule has 2 fully saturated rings. The van der Waals surface area contributed by atoms with Gasteiger partial charge in [0.25, 0.3) is 0 Å². The summed E-state index contributed by atoms with van der Waals surface area (Å²) in [6.45, 7) is 9.39. The molecule has 1 aromatic carbocycles. The van der Waals surface area contributed by atoms with E-state index < -0.39 is 0 Å². The van der Waals surface area contributed by atoms with Crippen LogP contribution in [0.15, 0.2) is 29.3 Å². The van der Waals surface area contributed by atoms with Gasteiger partial charge in [0, 0.05) is 33.3 Å².